The maximum absolute atomic E-state index is 12.0. The summed E-state index contributed by atoms with van der Waals surface area (Å²) in [4.78, 5) is 21.6. The van der Waals surface area contributed by atoms with Crippen molar-refractivity contribution in [3.05, 3.63) is 70.3 Å². The molecule has 0 bridgehead atoms. The molecule has 1 N–H and O–H groups in total. The number of non-ortho nitro benzene ring substituents is 1. The molecule has 20 heavy (non-hydrogen) atoms. The predicted octanol–water partition coefficient (Wildman–Crippen LogP) is 3.67. The largest absolute Gasteiger partial charge is 0.325 e. The van der Waals surface area contributed by atoms with E-state index < -0.39 is 9.75 Å². The minimum absolute atomic E-state index is 0.00285. The van der Waals surface area contributed by atoms with Gasteiger partial charge in [0.05, 0.1) is 4.92 Å². The summed E-state index contributed by atoms with van der Waals surface area (Å²) in [6.45, 7) is 0. The van der Waals surface area contributed by atoms with Crippen molar-refractivity contribution in [3.8, 4) is 0 Å². The monoisotopic (exact) mass is 334 g/mol. The molecule has 0 spiro atoms. The first-order valence-corrected chi connectivity index (χ1v) is 6.74. The molecule has 1 atom stereocenters. The van der Waals surface area contributed by atoms with Crippen molar-refractivity contribution in [2.24, 2.45) is 0 Å². The van der Waals surface area contributed by atoms with Gasteiger partial charge in [-0.1, -0.05) is 46.3 Å². The van der Waals surface area contributed by atoms with E-state index in [0.29, 0.717) is 11.3 Å². The molecule has 1 amide bonds. The number of benzene rings is 2. The van der Waals surface area contributed by atoms with Gasteiger partial charge < -0.3 is 5.32 Å². The number of rotatable bonds is 4. The van der Waals surface area contributed by atoms with E-state index in [9.17, 15) is 14.9 Å². The number of halogens is 1. The van der Waals surface area contributed by atoms with Crippen LogP contribution in [0, 0.1) is 10.1 Å². The maximum Gasteiger partial charge on any atom is 0.269 e. The van der Waals surface area contributed by atoms with Gasteiger partial charge in [0, 0.05) is 17.8 Å². The zero-order chi connectivity index (χ0) is 14.5. The number of nitrogens with zero attached hydrogens (tertiary/aromatic N) is 1. The lowest BCUT2D eigenvalue weighted by atomic mass is 10.1. The molecular formula is C14H11BrN2O3. The van der Waals surface area contributed by atoms with Crippen molar-refractivity contribution in [1.82, 2.24) is 0 Å². The van der Waals surface area contributed by atoms with Crippen LogP contribution < -0.4 is 5.32 Å². The molecule has 0 fully saturated rings. The molecule has 0 heterocycles. The highest BCUT2D eigenvalue weighted by molar-refractivity contribution is 9.09. The Bertz CT molecular complexity index is 614. The molecule has 0 radical (unpaired) electrons. The standard InChI is InChI=1S/C14H11BrN2O3/c15-13(10-6-8-12(9-7-10)17(19)20)14(18)16-11-4-2-1-3-5-11/h1-9,13H,(H,16,18)/t13-/m0/s1. The molecule has 0 saturated carbocycles. The fraction of sp³-hybridized carbons (Fsp3) is 0.0714. The molecular weight excluding hydrogens is 324 g/mol. The van der Waals surface area contributed by atoms with Crippen molar-refractivity contribution in [2.75, 3.05) is 5.32 Å². The molecule has 2 aromatic rings. The first kappa shape index (κ1) is 14.2. The van der Waals surface area contributed by atoms with E-state index in [0.717, 1.165) is 0 Å². The molecule has 6 heteroatoms. The summed E-state index contributed by atoms with van der Waals surface area (Å²) < 4.78 is 0. The summed E-state index contributed by atoms with van der Waals surface area (Å²) in [5.41, 5.74) is 1.35. The van der Waals surface area contributed by atoms with Crippen molar-refractivity contribution in [2.45, 2.75) is 4.83 Å². The maximum atomic E-state index is 12.0. The number of nitro benzene ring substituents is 1. The second-order valence-electron chi connectivity index (χ2n) is 4.07. The number of alkyl halides is 1. The Labute approximate surface area is 123 Å². The van der Waals surface area contributed by atoms with E-state index >= 15 is 0 Å². The third-order valence-electron chi connectivity index (χ3n) is 2.67. The Hall–Kier alpha value is -2.21. The van der Waals surface area contributed by atoms with Gasteiger partial charge in [0.1, 0.15) is 4.83 Å². The van der Waals surface area contributed by atoms with Crippen LogP contribution in [0.4, 0.5) is 11.4 Å². The minimum atomic E-state index is -0.566. The highest BCUT2D eigenvalue weighted by Crippen LogP contribution is 2.26. The lowest BCUT2D eigenvalue weighted by Crippen LogP contribution is -2.16. The SMILES string of the molecule is O=C(Nc1ccccc1)[C@@H](Br)c1ccc([N+](=O)[O-])cc1. The number of nitro groups is 1. The molecule has 0 saturated heterocycles. The average molecular weight is 335 g/mol. The lowest BCUT2D eigenvalue weighted by Gasteiger charge is -2.11. The van der Waals surface area contributed by atoms with Crippen LogP contribution in [0.3, 0.4) is 0 Å². The van der Waals surface area contributed by atoms with Gasteiger partial charge in [0.2, 0.25) is 5.91 Å². The Kier molecular flexibility index (Phi) is 4.47. The Morgan fingerprint density at radius 3 is 2.25 bits per heavy atom. The summed E-state index contributed by atoms with van der Waals surface area (Å²) in [6, 6.07) is 14.9. The van der Waals surface area contributed by atoms with Gasteiger partial charge in [-0.25, -0.2) is 0 Å². The number of anilines is 1. The average Bonchev–Trinajstić information content (AvgIpc) is 2.47. The first-order chi connectivity index (χ1) is 9.58. The summed E-state index contributed by atoms with van der Waals surface area (Å²) >= 11 is 3.29. The molecule has 0 aliphatic rings. The molecule has 0 aliphatic carbocycles. The van der Waals surface area contributed by atoms with Crippen molar-refractivity contribution in [3.63, 3.8) is 0 Å². The molecule has 2 rings (SSSR count). The number of para-hydroxylation sites is 1. The molecule has 102 valence electrons. The van der Waals surface area contributed by atoms with Crippen LogP contribution >= 0.6 is 15.9 Å². The lowest BCUT2D eigenvalue weighted by molar-refractivity contribution is -0.384. The summed E-state index contributed by atoms with van der Waals surface area (Å²) in [5, 5.41) is 13.3. The van der Waals surface area contributed by atoms with Crippen LogP contribution in [0.1, 0.15) is 10.4 Å². The Morgan fingerprint density at radius 1 is 1.10 bits per heavy atom. The fourth-order valence-corrected chi connectivity index (χ4v) is 2.06. The first-order valence-electron chi connectivity index (χ1n) is 5.82. The van der Waals surface area contributed by atoms with Gasteiger partial charge in [-0.15, -0.1) is 0 Å². The summed E-state index contributed by atoms with van der Waals surface area (Å²) in [5.74, 6) is -0.231. The second kappa shape index (κ2) is 6.29. The van der Waals surface area contributed by atoms with Crippen LogP contribution in [0.5, 0.6) is 0 Å². The van der Waals surface area contributed by atoms with Crippen molar-refractivity contribution >= 4 is 33.2 Å². The van der Waals surface area contributed by atoms with E-state index in [1.807, 2.05) is 18.2 Å². The van der Waals surface area contributed by atoms with E-state index in [2.05, 4.69) is 21.2 Å². The topological polar surface area (TPSA) is 72.2 Å². The van der Waals surface area contributed by atoms with Gasteiger partial charge in [-0.3, -0.25) is 14.9 Å². The highest BCUT2D eigenvalue weighted by Gasteiger charge is 2.18. The number of carbonyl (C=O) groups excluding carboxylic acids is 1. The smallest absolute Gasteiger partial charge is 0.269 e. The zero-order valence-electron chi connectivity index (χ0n) is 10.3. The van der Waals surface area contributed by atoms with E-state index in [4.69, 9.17) is 0 Å². The molecule has 5 nitrogen and oxygen atoms in total. The van der Waals surface area contributed by atoms with Crippen molar-refractivity contribution < 1.29 is 9.72 Å². The Balaban J connectivity index is 2.08. The second-order valence-corrected chi connectivity index (χ2v) is 4.98. The fourth-order valence-electron chi connectivity index (χ4n) is 1.64. The van der Waals surface area contributed by atoms with Crippen LogP contribution in [-0.2, 0) is 4.79 Å². The molecule has 0 unspecified atom stereocenters. The third kappa shape index (κ3) is 3.42. The van der Waals surface area contributed by atoms with Gasteiger partial charge >= 0.3 is 0 Å². The predicted molar refractivity (Wildman–Crippen MR) is 79.8 cm³/mol. The molecule has 0 aliphatic heterocycles. The van der Waals surface area contributed by atoms with Gasteiger partial charge in [0.25, 0.3) is 5.69 Å². The van der Waals surface area contributed by atoms with Crippen LogP contribution in [0.25, 0.3) is 0 Å². The number of hydrogen-bond acceptors (Lipinski definition) is 3. The van der Waals surface area contributed by atoms with Crippen molar-refractivity contribution in [1.29, 1.82) is 0 Å². The van der Waals surface area contributed by atoms with E-state index in [1.165, 1.54) is 12.1 Å². The summed E-state index contributed by atoms with van der Waals surface area (Å²) in [7, 11) is 0. The normalized spacial score (nSPS) is 11.7. The zero-order valence-corrected chi connectivity index (χ0v) is 11.9. The van der Waals surface area contributed by atoms with E-state index in [1.54, 1.807) is 24.3 Å². The summed E-state index contributed by atoms with van der Waals surface area (Å²) in [6.07, 6.45) is 0. The molecule has 2 aromatic carbocycles. The van der Waals surface area contributed by atoms with Gasteiger partial charge in [-0.2, -0.15) is 0 Å². The number of amides is 1. The molecule has 0 aromatic heterocycles. The van der Waals surface area contributed by atoms with Gasteiger partial charge in [-0.05, 0) is 17.7 Å². The number of nitrogens with one attached hydrogen (secondary N) is 1. The van der Waals surface area contributed by atoms with Crippen LogP contribution in [-0.4, -0.2) is 10.8 Å². The van der Waals surface area contributed by atoms with Gasteiger partial charge in [0.15, 0.2) is 0 Å². The minimum Gasteiger partial charge on any atom is -0.325 e. The quantitative estimate of drug-likeness (QED) is 0.526. The Morgan fingerprint density at radius 2 is 1.70 bits per heavy atom. The number of hydrogen-bond donors (Lipinski definition) is 1. The number of carbonyl (C=O) groups is 1. The third-order valence-corrected chi connectivity index (χ3v) is 3.61. The van der Waals surface area contributed by atoms with Crippen LogP contribution in [0.15, 0.2) is 54.6 Å². The van der Waals surface area contributed by atoms with Crippen LogP contribution in [0.2, 0.25) is 0 Å². The van der Waals surface area contributed by atoms with E-state index in [-0.39, 0.29) is 11.6 Å². The highest BCUT2D eigenvalue weighted by atomic mass is 79.9.